The molecule has 1 fully saturated rings. The van der Waals surface area contributed by atoms with Gasteiger partial charge in [0.15, 0.2) is 0 Å². The van der Waals surface area contributed by atoms with Crippen molar-refractivity contribution >= 4 is 12.1 Å². The fourth-order valence-corrected chi connectivity index (χ4v) is 2.50. The number of nitrogens with one attached hydrogen (secondary N) is 1. The maximum Gasteiger partial charge on any atom is 0.407 e. The van der Waals surface area contributed by atoms with Crippen LogP contribution in [0.5, 0.6) is 0 Å². The molecule has 1 aliphatic heterocycles. The fraction of sp³-hybridized carbons (Fsp3) is 0.882. The van der Waals surface area contributed by atoms with E-state index in [9.17, 15) is 9.59 Å². The van der Waals surface area contributed by atoms with Crippen molar-refractivity contribution in [3.05, 3.63) is 0 Å². The number of rotatable bonds is 8. The van der Waals surface area contributed by atoms with Crippen LogP contribution in [0, 0.1) is 0 Å². The Kier molecular flexibility index (Phi) is 9.07. The third-order valence-electron chi connectivity index (χ3n) is 3.60. The molecule has 0 spiro atoms. The van der Waals surface area contributed by atoms with Crippen molar-refractivity contribution in [2.75, 3.05) is 39.4 Å². The Bertz CT molecular complexity index is 387. The average Bonchev–Trinajstić information content (AvgIpc) is 2.49. The van der Waals surface area contributed by atoms with Gasteiger partial charge in [0.1, 0.15) is 12.2 Å². The average molecular weight is 344 g/mol. The number of piperidine rings is 1. The number of carbonyl (C=O) groups excluding carboxylic acids is 2. The van der Waals surface area contributed by atoms with Crippen molar-refractivity contribution < 1.29 is 23.8 Å². The molecule has 0 atom stereocenters. The van der Waals surface area contributed by atoms with Gasteiger partial charge in [0.2, 0.25) is 0 Å². The molecule has 7 heteroatoms. The first kappa shape index (κ1) is 20.7. The molecule has 1 heterocycles. The molecule has 140 valence electrons. The Balaban J connectivity index is 2.06. The van der Waals surface area contributed by atoms with E-state index in [1.807, 2.05) is 20.8 Å². The van der Waals surface area contributed by atoms with E-state index in [1.54, 1.807) is 6.92 Å². The molecule has 1 saturated heterocycles. The van der Waals surface area contributed by atoms with E-state index in [0.29, 0.717) is 13.2 Å². The zero-order valence-electron chi connectivity index (χ0n) is 15.4. The topological polar surface area (TPSA) is 77.1 Å². The molecule has 1 rings (SSSR count). The standard InChI is InChI=1S/C17H32N2O5/c1-5-22-15(20)13-23-14-7-11-19(12-8-14)10-6-9-18-16(21)24-17(2,3)4/h14H,5-13H2,1-4H3,(H,18,21). The van der Waals surface area contributed by atoms with Crippen LogP contribution in [0.4, 0.5) is 4.79 Å². The molecule has 0 aromatic carbocycles. The van der Waals surface area contributed by atoms with Crippen molar-refractivity contribution in [3.8, 4) is 0 Å². The van der Waals surface area contributed by atoms with Crippen molar-refractivity contribution in [2.45, 2.75) is 58.7 Å². The van der Waals surface area contributed by atoms with E-state index in [0.717, 1.165) is 38.9 Å². The van der Waals surface area contributed by atoms with Crippen LogP contribution < -0.4 is 5.32 Å². The lowest BCUT2D eigenvalue weighted by molar-refractivity contribution is -0.151. The van der Waals surface area contributed by atoms with Gasteiger partial charge in [0.05, 0.1) is 12.7 Å². The number of alkyl carbamates (subject to hydrolysis) is 1. The number of esters is 1. The quantitative estimate of drug-likeness (QED) is 0.536. The largest absolute Gasteiger partial charge is 0.464 e. The molecule has 0 aliphatic carbocycles. The Morgan fingerprint density at radius 2 is 1.88 bits per heavy atom. The van der Waals surface area contributed by atoms with Crippen LogP contribution >= 0.6 is 0 Å². The first-order valence-electron chi connectivity index (χ1n) is 8.76. The number of ether oxygens (including phenoxy) is 3. The second kappa shape index (κ2) is 10.5. The number of likely N-dealkylation sites (tertiary alicyclic amines) is 1. The van der Waals surface area contributed by atoms with Gasteiger partial charge >= 0.3 is 12.1 Å². The van der Waals surface area contributed by atoms with Crippen molar-refractivity contribution in [1.82, 2.24) is 10.2 Å². The zero-order valence-corrected chi connectivity index (χ0v) is 15.4. The smallest absolute Gasteiger partial charge is 0.407 e. The number of hydrogen-bond acceptors (Lipinski definition) is 6. The Morgan fingerprint density at radius 1 is 1.21 bits per heavy atom. The molecular weight excluding hydrogens is 312 g/mol. The fourth-order valence-electron chi connectivity index (χ4n) is 2.50. The summed E-state index contributed by atoms with van der Waals surface area (Å²) in [6.07, 6.45) is 2.48. The van der Waals surface area contributed by atoms with Gasteiger partial charge in [-0.15, -0.1) is 0 Å². The summed E-state index contributed by atoms with van der Waals surface area (Å²) in [7, 11) is 0. The highest BCUT2D eigenvalue weighted by Crippen LogP contribution is 2.14. The zero-order chi connectivity index (χ0) is 18.0. The van der Waals surface area contributed by atoms with Crippen molar-refractivity contribution in [2.24, 2.45) is 0 Å². The number of hydrogen-bond donors (Lipinski definition) is 1. The molecule has 7 nitrogen and oxygen atoms in total. The summed E-state index contributed by atoms with van der Waals surface area (Å²) in [5, 5.41) is 2.77. The van der Waals surface area contributed by atoms with Gasteiger partial charge in [-0.2, -0.15) is 0 Å². The van der Waals surface area contributed by atoms with Crippen LogP contribution in [-0.4, -0.2) is 68.1 Å². The number of carbonyl (C=O) groups is 2. The normalized spacial score (nSPS) is 16.7. The summed E-state index contributed by atoms with van der Waals surface area (Å²) in [6.45, 7) is 11.2. The van der Waals surface area contributed by atoms with Crippen molar-refractivity contribution in [1.29, 1.82) is 0 Å². The summed E-state index contributed by atoms with van der Waals surface area (Å²) in [6, 6.07) is 0. The molecule has 0 aromatic heterocycles. The van der Waals surface area contributed by atoms with Gasteiger partial charge in [-0.25, -0.2) is 9.59 Å². The minimum atomic E-state index is -0.463. The van der Waals surface area contributed by atoms with Crippen LogP contribution in [-0.2, 0) is 19.0 Å². The lowest BCUT2D eigenvalue weighted by atomic mass is 10.1. The Hall–Kier alpha value is -1.34. The first-order valence-corrected chi connectivity index (χ1v) is 8.76. The minimum Gasteiger partial charge on any atom is -0.464 e. The molecule has 0 saturated carbocycles. The van der Waals surface area contributed by atoms with E-state index in [1.165, 1.54) is 0 Å². The highest BCUT2D eigenvalue weighted by atomic mass is 16.6. The summed E-state index contributed by atoms with van der Waals surface area (Å²) >= 11 is 0. The van der Waals surface area contributed by atoms with E-state index >= 15 is 0 Å². The molecule has 0 radical (unpaired) electrons. The lowest BCUT2D eigenvalue weighted by Gasteiger charge is -2.31. The molecular formula is C17H32N2O5. The molecule has 24 heavy (non-hydrogen) atoms. The molecule has 1 N–H and O–H groups in total. The third kappa shape index (κ3) is 9.72. The van der Waals surface area contributed by atoms with E-state index in [2.05, 4.69) is 10.2 Å². The molecule has 0 aromatic rings. The van der Waals surface area contributed by atoms with E-state index < -0.39 is 5.60 Å². The van der Waals surface area contributed by atoms with Crippen molar-refractivity contribution in [3.63, 3.8) is 0 Å². The highest BCUT2D eigenvalue weighted by Gasteiger charge is 2.20. The number of nitrogens with zero attached hydrogens (tertiary/aromatic N) is 1. The summed E-state index contributed by atoms with van der Waals surface area (Å²) in [5.74, 6) is -0.298. The molecule has 0 unspecified atom stereocenters. The SMILES string of the molecule is CCOC(=O)COC1CCN(CCCNC(=O)OC(C)(C)C)CC1. The third-order valence-corrected chi connectivity index (χ3v) is 3.60. The van der Waals surface area contributed by atoms with Gasteiger partial charge in [0.25, 0.3) is 0 Å². The lowest BCUT2D eigenvalue weighted by Crippen LogP contribution is -2.39. The second-order valence-electron chi connectivity index (χ2n) is 6.94. The van der Waals surface area contributed by atoms with Gasteiger partial charge in [-0.3, -0.25) is 0 Å². The highest BCUT2D eigenvalue weighted by molar-refractivity contribution is 5.70. The van der Waals surface area contributed by atoms with Crippen LogP contribution in [0.3, 0.4) is 0 Å². The maximum atomic E-state index is 11.5. The number of amides is 1. The molecule has 1 amide bonds. The predicted octanol–water partition coefficient (Wildman–Crippen LogP) is 1.95. The summed E-state index contributed by atoms with van der Waals surface area (Å²) in [5.41, 5.74) is -0.463. The summed E-state index contributed by atoms with van der Waals surface area (Å²) in [4.78, 5) is 25.1. The van der Waals surface area contributed by atoms with Crippen LogP contribution in [0.2, 0.25) is 0 Å². The Morgan fingerprint density at radius 3 is 2.46 bits per heavy atom. The second-order valence-corrected chi connectivity index (χ2v) is 6.94. The van der Waals surface area contributed by atoms with Gasteiger partial charge < -0.3 is 24.4 Å². The van der Waals surface area contributed by atoms with Gasteiger partial charge in [0, 0.05) is 19.6 Å². The van der Waals surface area contributed by atoms with E-state index in [-0.39, 0.29) is 24.8 Å². The monoisotopic (exact) mass is 344 g/mol. The van der Waals surface area contributed by atoms with Crippen LogP contribution in [0.1, 0.15) is 47.0 Å². The summed E-state index contributed by atoms with van der Waals surface area (Å²) < 4.78 is 15.6. The predicted molar refractivity (Wildman–Crippen MR) is 90.9 cm³/mol. The minimum absolute atomic E-state index is 0.0400. The van der Waals surface area contributed by atoms with Gasteiger partial charge in [-0.05, 0) is 53.5 Å². The Labute approximate surface area is 145 Å². The first-order chi connectivity index (χ1) is 11.3. The van der Waals surface area contributed by atoms with E-state index in [4.69, 9.17) is 14.2 Å². The van der Waals surface area contributed by atoms with Gasteiger partial charge in [-0.1, -0.05) is 0 Å². The van der Waals surface area contributed by atoms with Crippen LogP contribution in [0.15, 0.2) is 0 Å². The maximum absolute atomic E-state index is 11.5. The van der Waals surface area contributed by atoms with Crippen LogP contribution in [0.25, 0.3) is 0 Å². The molecule has 1 aliphatic rings. The molecule has 0 bridgehead atoms.